The maximum atomic E-state index is 11.2. The van der Waals surface area contributed by atoms with Crippen LogP contribution < -0.4 is 29.6 Å². The molecule has 0 aromatic carbocycles. The molecule has 0 aliphatic carbocycles. The van der Waals surface area contributed by atoms with Crippen LogP contribution in [0.3, 0.4) is 0 Å². The third-order valence-electron chi connectivity index (χ3n) is 2.99. The van der Waals surface area contributed by atoms with E-state index in [1.165, 1.54) is 0 Å². The number of unbranched alkanes of at least 4 members (excludes halogenated alkanes) is 3. The SMILES string of the molecule is CCCCCC/C(C(=O)O)=C(\CCCS(=O)(=O)O)C(=O)O.[H-].[Na+]. The Bertz CT molecular complexity index is 502. The molecule has 0 unspecified atom stereocenters. The Balaban J connectivity index is -0.00000200. The van der Waals surface area contributed by atoms with E-state index in [1.54, 1.807) is 0 Å². The van der Waals surface area contributed by atoms with Crippen molar-refractivity contribution in [1.29, 1.82) is 0 Å². The van der Waals surface area contributed by atoms with Crippen LogP contribution in [0.1, 0.15) is 53.3 Å². The fourth-order valence-corrected chi connectivity index (χ4v) is 2.44. The Morgan fingerprint density at radius 3 is 1.73 bits per heavy atom. The summed E-state index contributed by atoms with van der Waals surface area (Å²) < 4.78 is 29.8. The predicted octanol–water partition coefficient (Wildman–Crippen LogP) is -0.793. The number of rotatable bonds is 11. The molecule has 0 heterocycles. The third kappa shape index (κ3) is 11.2. The fraction of sp³-hybridized carbons (Fsp3) is 0.692. The molecule has 0 aliphatic rings. The molecule has 0 bridgehead atoms. The second kappa shape index (κ2) is 12.1. The van der Waals surface area contributed by atoms with Crippen LogP contribution in [0.15, 0.2) is 11.1 Å². The van der Waals surface area contributed by atoms with Crippen molar-refractivity contribution in [3.63, 3.8) is 0 Å². The predicted molar refractivity (Wildman–Crippen MR) is 77.8 cm³/mol. The molecule has 3 N–H and O–H groups in total. The molecular formula is C13H23NaO7S. The number of hydrogen-bond acceptors (Lipinski definition) is 4. The molecule has 0 saturated heterocycles. The molecule has 0 fully saturated rings. The Morgan fingerprint density at radius 1 is 0.909 bits per heavy atom. The zero-order chi connectivity index (χ0) is 16.5. The standard InChI is InChI=1S/C13H22O7S.Na.H/c1-2-3-4-5-7-10(12(14)15)11(13(16)17)8-6-9-21(18,19)20;;/h2-9H2,1H3,(H,14,15)(H,16,17)(H,18,19,20);;/q;+1;-1/b11-10-;;. The summed E-state index contributed by atoms with van der Waals surface area (Å²) in [7, 11) is -4.18. The summed E-state index contributed by atoms with van der Waals surface area (Å²) in [5, 5.41) is 18.2. The molecule has 0 spiro atoms. The molecule has 0 radical (unpaired) electrons. The van der Waals surface area contributed by atoms with Crippen molar-refractivity contribution >= 4 is 22.1 Å². The summed E-state index contributed by atoms with van der Waals surface area (Å²) in [4.78, 5) is 22.3. The molecule has 0 amide bonds. The minimum atomic E-state index is -4.18. The summed E-state index contributed by atoms with van der Waals surface area (Å²) in [5.41, 5.74) is -0.475. The van der Waals surface area contributed by atoms with Crippen molar-refractivity contribution in [2.45, 2.75) is 51.9 Å². The van der Waals surface area contributed by atoms with Crippen molar-refractivity contribution in [2.24, 2.45) is 0 Å². The van der Waals surface area contributed by atoms with Crippen LogP contribution in [0.5, 0.6) is 0 Å². The first-order valence-corrected chi connectivity index (χ1v) is 8.43. The van der Waals surface area contributed by atoms with Gasteiger partial charge < -0.3 is 11.6 Å². The van der Waals surface area contributed by atoms with E-state index in [-0.39, 0.29) is 61.4 Å². The zero-order valence-corrected chi connectivity index (χ0v) is 15.9. The first-order valence-electron chi connectivity index (χ1n) is 6.82. The number of hydrogen-bond donors (Lipinski definition) is 3. The topological polar surface area (TPSA) is 129 Å². The molecule has 22 heavy (non-hydrogen) atoms. The summed E-state index contributed by atoms with van der Waals surface area (Å²) in [6.07, 6.45) is 3.11. The van der Waals surface area contributed by atoms with E-state index in [0.717, 1.165) is 19.3 Å². The van der Waals surface area contributed by atoms with Crippen LogP contribution in [0.25, 0.3) is 0 Å². The van der Waals surface area contributed by atoms with Crippen molar-refractivity contribution in [2.75, 3.05) is 5.75 Å². The maximum Gasteiger partial charge on any atom is 1.00 e. The van der Waals surface area contributed by atoms with Gasteiger partial charge in [0.15, 0.2) is 0 Å². The first kappa shape index (κ1) is 23.9. The van der Waals surface area contributed by atoms with E-state index in [4.69, 9.17) is 14.8 Å². The van der Waals surface area contributed by atoms with Crippen LogP contribution in [-0.2, 0) is 19.7 Å². The van der Waals surface area contributed by atoms with Gasteiger partial charge in [-0.1, -0.05) is 26.2 Å². The average Bonchev–Trinajstić information content (AvgIpc) is 2.34. The summed E-state index contributed by atoms with van der Waals surface area (Å²) >= 11 is 0. The molecule has 7 nitrogen and oxygen atoms in total. The zero-order valence-electron chi connectivity index (χ0n) is 14.0. The van der Waals surface area contributed by atoms with Gasteiger partial charge in [0.05, 0.1) is 5.75 Å². The quantitative estimate of drug-likeness (QED) is 0.193. The van der Waals surface area contributed by atoms with E-state index >= 15 is 0 Å². The fourth-order valence-electron chi connectivity index (χ4n) is 1.93. The molecule has 0 aromatic rings. The average molecular weight is 346 g/mol. The van der Waals surface area contributed by atoms with E-state index in [2.05, 4.69) is 0 Å². The summed E-state index contributed by atoms with van der Waals surface area (Å²) in [5.74, 6) is -3.25. The number of aliphatic carboxylic acids is 2. The van der Waals surface area contributed by atoms with Crippen molar-refractivity contribution in [1.82, 2.24) is 0 Å². The van der Waals surface area contributed by atoms with Gasteiger partial charge in [0.25, 0.3) is 10.1 Å². The van der Waals surface area contributed by atoms with Gasteiger partial charge >= 0.3 is 41.5 Å². The number of carboxylic acids is 2. The second-order valence-electron chi connectivity index (χ2n) is 4.77. The van der Waals surface area contributed by atoms with Crippen molar-refractivity contribution in [3.05, 3.63) is 11.1 Å². The molecule has 0 aliphatic heterocycles. The number of carboxylic acid groups (broad SMARTS) is 2. The molecule has 9 heteroatoms. The molecule has 0 atom stereocenters. The Kier molecular flexibility index (Phi) is 13.1. The number of carbonyl (C=O) groups is 2. The van der Waals surface area contributed by atoms with Gasteiger partial charge in [0.2, 0.25) is 0 Å². The van der Waals surface area contributed by atoms with Crippen LogP contribution in [0, 0.1) is 0 Å². The third-order valence-corrected chi connectivity index (χ3v) is 3.79. The van der Waals surface area contributed by atoms with Gasteiger partial charge in [-0.2, -0.15) is 8.42 Å². The summed E-state index contributed by atoms with van der Waals surface area (Å²) in [6, 6.07) is 0. The van der Waals surface area contributed by atoms with Gasteiger partial charge in [0, 0.05) is 11.1 Å². The largest absolute Gasteiger partial charge is 1.00 e. The molecule has 0 rings (SSSR count). The van der Waals surface area contributed by atoms with Gasteiger partial charge in [-0.05, 0) is 25.7 Å². The van der Waals surface area contributed by atoms with Crippen LogP contribution >= 0.6 is 0 Å². The van der Waals surface area contributed by atoms with Crippen LogP contribution in [0.4, 0.5) is 0 Å². The van der Waals surface area contributed by atoms with E-state index in [9.17, 15) is 18.0 Å². The molecule has 0 saturated carbocycles. The van der Waals surface area contributed by atoms with Crippen LogP contribution in [-0.4, -0.2) is 40.9 Å². The maximum absolute atomic E-state index is 11.2. The van der Waals surface area contributed by atoms with Crippen molar-refractivity contribution in [3.8, 4) is 0 Å². The van der Waals surface area contributed by atoms with Crippen LogP contribution in [0.2, 0.25) is 0 Å². The Hall–Kier alpha value is -0.410. The van der Waals surface area contributed by atoms with Crippen molar-refractivity contribution < 1.29 is 63.8 Å². The minimum absolute atomic E-state index is 0. The monoisotopic (exact) mass is 346 g/mol. The van der Waals surface area contributed by atoms with E-state index in [0.29, 0.717) is 6.42 Å². The van der Waals surface area contributed by atoms with Gasteiger partial charge in [-0.3, -0.25) is 4.55 Å². The van der Waals surface area contributed by atoms with Gasteiger partial charge in [-0.25, -0.2) is 9.59 Å². The Morgan fingerprint density at radius 2 is 1.36 bits per heavy atom. The molecule has 124 valence electrons. The normalized spacial score (nSPS) is 12.3. The molecule has 0 aromatic heterocycles. The smallest absolute Gasteiger partial charge is 1.00 e. The molecular weight excluding hydrogens is 323 g/mol. The minimum Gasteiger partial charge on any atom is -1.00 e. The van der Waals surface area contributed by atoms with Gasteiger partial charge in [0.1, 0.15) is 0 Å². The Labute approximate surface area is 154 Å². The van der Waals surface area contributed by atoms with Gasteiger partial charge in [-0.15, -0.1) is 0 Å². The first-order chi connectivity index (χ1) is 9.69. The summed E-state index contributed by atoms with van der Waals surface area (Å²) in [6.45, 7) is 2.01. The second-order valence-corrected chi connectivity index (χ2v) is 6.34. The van der Waals surface area contributed by atoms with E-state index in [1.807, 2.05) is 6.92 Å². The van der Waals surface area contributed by atoms with E-state index < -0.39 is 27.8 Å².